The third kappa shape index (κ3) is 3.55. The molecule has 2 aromatic heterocycles. The number of amides is 1. The van der Waals surface area contributed by atoms with E-state index in [1.165, 1.54) is 0 Å². The van der Waals surface area contributed by atoms with Gasteiger partial charge in [-0.1, -0.05) is 16.9 Å². The number of nitrogen functional groups attached to an aromatic ring is 1. The van der Waals surface area contributed by atoms with Crippen molar-refractivity contribution in [3.8, 4) is 0 Å². The third-order valence-electron chi connectivity index (χ3n) is 1.99. The molecule has 0 radical (unpaired) electrons. The molecule has 4 N–H and O–H groups in total. The van der Waals surface area contributed by atoms with E-state index in [4.69, 9.17) is 5.73 Å². The van der Waals surface area contributed by atoms with Gasteiger partial charge in [-0.25, -0.2) is 9.61 Å². The highest BCUT2D eigenvalue weighted by Crippen LogP contribution is 2.13. The van der Waals surface area contributed by atoms with Crippen LogP contribution in [0.3, 0.4) is 0 Å². The Morgan fingerprint density at radius 1 is 1.58 bits per heavy atom. The van der Waals surface area contributed by atoms with Crippen molar-refractivity contribution in [3.05, 3.63) is 22.1 Å². The highest BCUT2D eigenvalue weighted by Gasteiger charge is 2.10. The summed E-state index contributed by atoms with van der Waals surface area (Å²) in [5.74, 6) is 0.0790. The number of nitrogens with zero attached hydrogens (tertiary/aromatic N) is 3. The average Bonchev–Trinajstić information content (AvgIpc) is 2.71. The zero-order valence-corrected chi connectivity index (χ0v) is 10.7. The summed E-state index contributed by atoms with van der Waals surface area (Å²) in [6.07, 6.45) is 0. The van der Waals surface area contributed by atoms with Crippen molar-refractivity contribution < 1.29 is 9.42 Å². The summed E-state index contributed by atoms with van der Waals surface area (Å²) in [6, 6.07) is 1.16. The highest BCUT2D eigenvalue weighted by molar-refractivity contribution is 7.99. The van der Waals surface area contributed by atoms with E-state index >= 15 is 0 Å². The molecule has 0 aliphatic rings. The molecule has 2 heterocycles. The molecule has 100 valence electrons. The second-order valence-corrected chi connectivity index (χ2v) is 4.47. The van der Waals surface area contributed by atoms with Gasteiger partial charge in [-0.2, -0.15) is 0 Å². The number of carbonyl (C=O) groups is 1. The van der Waals surface area contributed by atoms with Crippen LogP contribution in [0.1, 0.15) is 5.69 Å². The van der Waals surface area contributed by atoms with Gasteiger partial charge in [0.2, 0.25) is 5.91 Å². The van der Waals surface area contributed by atoms with E-state index in [0.29, 0.717) is 5.69 Å². The predicted molar refractivity (Wildman–Crippen MR) is 67.7 cm³/mol. The molecule has 2 aromatic rings. The fourth-order valence-corrected chi connectivity index (χ4v) is 1.85. The molecule has 1 amide bonds. The van der Waals surface area contributed by atoms with Crippen LogP contribution in [0.2, 0.25) is 0 Å². The number of nitrogens with one attached hydrogen (secondary N) is 2. The summed E-state index contributed by atoms with van der Waals surface area (Å²) in [5, 5.41) is 9.83. The second-order valence-electron chi connectivity index (χ2n) is 3.51. The van der Waals surface area contributed by atoms with Crippen LogP contribution in [-0.4, -0.2) is 31.9 Å². The minimum atomic E-state index is -0.369. The van der Waals surface area contributed by atoms with Crippen molar-refractivity contribution >= 4 is 29.3 Å². The number of aromatic amines is 1. The van der Waals surface area contributed by atoms with Crippen molar-refractivity contribution in [2.75, 3.05) is 16.8 Å². The minimum Gasteiger partial charge on any atom is -0.383 e. The van der Waals surface area contributed by atoms with Crippen LogP contribution in [-0.2, 0) is 4.79 Å². The highest BCUT2D eigenvalue weighted by atomic mass is 32.2. The van der Waals surface area contributed by atoms with Crippen molar-refractivity contribution in [1.82, 2.24) is 20.3 Å². The van der Waals surface area contributed by atoms with Gasteiger partial charge in [0.25, 0.3) is 5.56 Å². The summed E-state index contributed by atoms with van der Waals surface area (Å²) in [6.45, 7) is 1.65. The number of rotatable bonds is 4. The third-order valence-corrected chi connectivity index (χ3v) is 2.86. The maximum atomic E-state index is 11.6. The predicted octanol–water partition coefficient (Wildman–Crippen LogP) is -0.226. The molecule has 10 heteroatoms. The molecule has 0 bridgehead atoms. The normalized spacial score (nSPS) is 10.4. The first kappa shape index (κ1) is 13.1. The fraction of sp³-hybridized carbons (Fsp3) is 0.222. The Kier molecular flexibility index (Phi) is 3.80. The van der Waals surface area contributed by atoms with Gasteiger partial charge in [-0.05, 0) is 12.1 Å². The Morgan fingerprint density at radius 2 is 2.37 bits per heavy atom. The topological polar surface area (TPSA) is 140 Å². The van der Waals surface area contributed by atoms with Crippen LogP contribution in [0.4, 0.5) is 11.6 Å². The molecule has 0 unspecified atom stereocenters. The molecule has 2 rings (SSSR count). The molecule has 0 saturated carbocycles. The van der Waals surface area contributed by atoms with E-state index in [0.717, 1.165) is 17.8 Å². The lowest BCUT2D eigenvalue weighted by atomic mass is 10.5. The number of aryl methyl sites for hydroxylation is 1. The van der Waals surface area contributed by atoms with Crippen LogP contribution in [0.15, 0.2) is 20.6 Å². The molecule has 0 spiro atoms. The van der Waals surface area contributed by atoms with Gasteiger partial charge in [-0.15, -0.1) is 0 Å². The van der Waals surface area contributed by atoms with Gasteiger partial charge >= 0.3 is 0 Å². The monoisotopic (exact) mass is 282 g/mol. The zero-order valence-electron chi connectivity index (χ0n) is 9.84. The SMILES string of the molecule is Cc1nonc1NC(=O)CSc1nc(N)cc(=O)[nH]1. The summed E-state index contributed by atoms with van der Waals surface area (Å²) < 4.78 is 4.44. The lowest BCUT2D eigenvalue weighted by Crippen LogP contribution is -2.16. The van der Waals surface area contributed by atoms with Gasteiger partial charge in [-0.3, -0.25) is 9.59 Å². The number of thioether (sulfide) groups is 1. The van der Waals surface area contributed by atoms with Gasteiger partial charge in [0, 0.05) is 6.07 Å². The summed E-state index contributed by atoms with van der Waals surface area (Å²) in [5.41, 5.74) is 5.53. The van der Waals surface area contributed by atoms with Gasteiger partial charge < -0.3 is 16.0 Å². The Labute approximate surface area is 110 Å². The Hall–Kier alpha value is -2.36. The van der Waals surface area contributed by atoms with Gasteiger partial charge in [0.05, 0.1) is 5.75 Å². The molecule has 0 fully saturated rings. The van der Waals surface area contributed by atoms with Crippen molar-refractivity contribution in [2.45, 2.75) is 12.1 Å². The van der Waals surface area contributed by atoms with E-state index in [1.807, 2.05) is 0 Å². The maximum absolute atomic E-state index is 11.6. The van der Waals surface area contributed by atoms with E-state index in [2.05, 4.69) is 30.2 Å². The molecule has 0 aliphatic carbocycles. The Morgan fingerprint density at radius 3 is 3.00 bits per heavy atom. The summed E-state index contributed by atoms with van der Waals surface area (Å²) in [7, 11) is 0. The number of hydrogen-bond donors (Lipinski definition) is 3. The number of anilines is 2. The standard InChI is InChI=1S/C9H10N6O3S/c1-4-8(15-18-14-4)12-7(17)3-19-9-11-5(10)2-6(16)13-9/h2H,3H2,1H3,(H,12,15,17)(H3,10,11,13,16). The number of nitrogens with two attached hydrogens (primary N) is 1. The molecule has 19 heavy (non-hydrogen) atoms. The molecule has 9 nitrogen and oxygen atoms in total. The zero-order chi connectivity index (χ0) is 13.8. The lowest BCUT2D eigenvalue weighted by Gasteiger charge is -2.02. The van der Waals surface area contributed by atoms with Crippen LogP contribution in [0.5, 0.6) is 0 Å². The second kappa shape index (κ2) is 5.52. The minimum absolute atomic E-state index is 0.0404. The number of hydrogen-bond acceptors (Lipinski definition) is 8. The molecule has 0 aromatic carbocycles. The van der Waals surface area contributed by atoms with E-state index in [9.17, 15) is 9.59 Å². The maximum Gasteiger partial charge on any atom is 0.253 e. The molecule has 0 atom stereocenters. The molecular weight excluding hydrogens is 272 g/mol. The average molecular weight is 282 g/mol. The van der Waals surface area contributed by atoms with Crippen LogP contribution < -0.4 is 16.6 Å². The van der Waals surface area contributed by atoms with Crippen LogP contribution >= 0.6 is 11.8 Å². The molecule has 0 saturated heterocycles. The lowest BCUT2D eigenvalue weighted by molar-refractivity contribution is -0.113. The number of aromatic nitrogens is 4. The molecule has 0 aliphatic heterocycles. The summed E-state index contributed by atoms with van der Waals surface area (Å²) in [4.78, 5) is 29.1. The van der Waals surface area contributed by atoms with Gasteiger partial charge in [0.15, 0.2) is 11.0 Å². The smallest absolute Gasteiger partial charge is 0.253 e. The van der Waals surface area contributed by atoms with Gasteiger partial charge in [0.1, 0.15) is 11.5 Å². The number of H-pyrrole nitrogens is 1. The van der Waals surface area contributed by atoms with Crippen LogP contribution in [0.25, 0.3) is 0 Å². The van der Waals surface area contributed by atoms with E-state index < -0.39 is 0 Å². The van der Waals surface area contributed by atoms with Crippen molar-refractivity contribution in [3.63, 3.8) is 0 Å². The van der Waals surface area contributed by atoms with Crippen molar-refractivity contribution in [2.24, 2.45) is 0 Å². The number of carbonyl (C=O) groups excluding carboxylic acids is 1. The Bertz CT molecular complexity index is 651. The Balaban J connectivity index is 1.93. The van der Waals surface area contributed by atoms with Crippen LogP contribution in [0, 0.1) is 6.92 Å². The fourth-order valence-electron chi connectivity index (χ4n) is 1.17. The van der Waals surface area contributed by atoms with E-state index in [1.54, 1.807) is 6.92 Å². The summed E-state index contributed by atoms with van der Waals surface area (Å²) >= 11 is 1.05. The first-order chi connectivity index (χ1) is 9.04. The first-order valence-corrected chi connectivity index (χ1v) is 6.12. The first-order valence-electron chi connectivity index (χ1n) is 5.13. The van der Waals surface area contributed by atoms with Crippen molar-refractivity contribution in [1.29, 1.82) is 0 Å². The quantitative estimate of drug-likeness (QED) is 0.516. The largest absolute Gasteiger partial charge is 0.383 e. The molecular formula is C9H10N6O3S. The van der Waals surface area contributed by atoms with E-state index in [-0.39, 0.29) is 34.0 Å².